The second-order valence-electron chi connectivity index (χ2n) is 3.61. The Hall–Kier alpha value is -1.31. The first-order valence-electron chi connectivity index (χ1n) is 4.98. The second kappa shape index (κ2) is 3.82. The van der Waals surface area contributed by atoms with E-state index < -0.39 is 0 Å². The molecular formula is C12H14NO. The molecule has 1 saturated heterocycles. The number of hydrogen-bond acceptors (Lipinski definition) is 1. The van der Waals surface area contributed by atoms with Crippen molar-refractivity contribution in [3.05, 3.63) is 42.4 Å². The molecule has 14 heavy (non-hydrogen) atoms. The lowest BCUT2D eigenvalue weighted by Crippen LogP contribution is -2.25. The second-order valence-corrected chi connectivity index (χ2v) is 3.61. The molecule has 1 unspecified atom stereocenters. The third kappa shape index (κ3) is 1.65. The van der Waals surface area contributed by atoms with Crippen LogP contribution in [0.1, 0.15) is 31.4 Å². The summed E-state index contributed by atoms with van der Waals surface area (Å²) in [7, 11) is 0. The summed E-state index contributed by atoms with van der Waals surface area (Å²) in [6.07, 6.45) is 1.55. The van der Waals surface area contributed by atoms with Crippen LogP contribution in [0.25, 0.3) is 0 Å². The fraction of sp³-hybridized carbons (Fsp3) is 0.333. The van der Waals surface area contributed by atoms with Crippen LogP contribution in [0.3, 0.4) is 0 Å². The minimum atomic E-state index is 0.172. The first kappa shape index (κ1) is 9.25. The van der Waals surface area contributed by atoms with E-state index in [9.17, 15) is 4.79 Å². The summed E-state index contributed by atoms with van der Waals surface area (Å²) in [5, 5.41) is 0. The molecule has 0 bridgehead atoms. The maximum absolute atomic E-state index is 11.5. The standard InChI is InChI=1S/C12H14NO/c1-10(11-6-3-2-4-7-11)13-9-5-8-12(13)14/h2-4,6-7,9-10H,5,8H2,1H3. The molecule has 1 aromatic rings. The fourth-order valence-corrected chi connectivity index (χ4v) is 1.82. The molecular weight excluding hydrogens is 174 g/mol. The first-order chi connectivity index (χ1) is 6.79. The van der Waals surface area contributed by atoms with Gasteiger partial charge in [0.25, 0.3) is 0 Å². The molecule has 1 fully saturated rings. The van der Waals surface area contributed by atoms with Crippen LogP contribution in [-0.4, -0.2) is 10.8 Å². The number of amides is 1. The Balaban J connectivity index is 2.16. The van der Waals surface area contributed by atoms with Gasteiger partial charge in [-0.1, -0.05) is 30.3 Å². The lowest BCUT2D eigenvalue weighted by molar-refractivity contribution is -0.128. The van der Waals surface area contributed by atoms with Gasteiger partial charge >= 0.3 is 0 Å². The molecule has 1 aliphatic heterocycles. The van der Waals surface area contributed by atoms with E-state index in [1.165, 1.54) is 5.56 Å². The molecule has 1 aromatic carbocycles. The molecule has 0 aromatic heterocycles. The van der Waals surface area contributed by atoms with Crippen LogP contribution in [-0.2, 0) is 4.79 Å². The molecule has 2 rings (SSSR count). The van der Waals surface area contributed by atoms with Crippen molar-refractivity contribution in [1.29, 1.82) is 0 Å². The molecule has 0 aliphatic carbocycles. The fourth-order valence-electron chi connectivity index (χ4n) is 1.82. The molecule has 1 amide bonds. The summed E-state index contributed by atoms with van der Waals surface area (Å²) in [5.41, 5.74) is 1.19. The number of carbonyl (C=O) groups excluding carboxylic acids is 1. The smallest absolute Gasteiger partial charge is 0.223 e. The van der Waals surface area contributed by atoms with Gasteiger partial charge in [0.15, 0.2) is 0 Å². The van der Waals surface area contributed by atoms with Gasteiger partial charge in [-0.15, -0.1) is 0 Å². The molecule has 1 aliphatic rings. The van der Waals surface area contributed by atoms with Crippen LogP contribution in [0.2, 0.25) is 0 Å². The van der Waals surface area contributed by atoms with Crippen molar-refractivity contribution in [3.63, 3.8) is 0 Å². The maximum Gasteiger partial charge on any atom is 0.223 e. The topological polar surface area (TPSA) is 20.3 Å². The number of rotatable bonds is 2. The molecule has 2 heteroatoms. The summed E-state index contributed by atoms with van der Waals surface area (Å²) < 4.78 is 0. The van der Waals surface area contributed by atoms with Crippen LogP contribution < -0.4 is 0 Å². The van der Waals surface area contributed by atoms with E-state index in [0.29, 0.717) is 6.42 Å². The van der Waals surface area contributed by atoms with E-state index >= 15 is 0 Å². The molecule has 0 spiro atoms. The van der Waals surface area contributed by atoms with Gasteiger partial charge in [-0.25, -0.2) is 0 Å². The van der Waals surface area contributed by atoms with Crippen molar-refractivity contribution >= 4 is 5.91 Å². The van der Waals surface area contributed by atoms with E-state index in [4.69, 9.17) is 0 Å². The first-order valence-corrected chi connectivity index (χ1v) is 4.98. The van der Waals surface area contributed by atoms with Gasteiger partial charge < -0.3 is 4.90 Å². The number of nitrogens with zero attached hydrogens (tertiary/aromatic N) is 1. The Morgan fingerprint density at radius 3 is 2.57 bits per heavy atom. The molecule has 2 nitrogen and oxygen atoms in total. The van der Waals surface area contributed by atoms with Gasteiger partial charge in [0.2, 0.25) is 5.91 Å². The molecule has 0 saturated carbocycles. The third-order valence-corrected chi connectivity index (χ3v) is 2.67. The van der Waals surface area contributed by atoms with Crippen molar-refractivity contribution in [3.8, 4) is 0 Å². The minimum Gasteiger partial charge on any atom is -0.331 e. The average Bonchev–Trinajstić information content (AvgIpc) is 2.65. The highest BCUT2D eigenvalue weighted by molar-refractivity contribution is 5.79. The average molecular weight is 188 g/mol. The van der Waals surface area contributed by atoms with Gasteiger partial charge in [0.1, 0.15) is 0 Å². The Bertz CT molecular complexity index is 320. The van der Waals surface area contributed by atoms with Crippen molar-refractivity contribution in [1.82, 2.24) is 4.90 Å². The number of likely N-dealkylation sites (tertiary alicyclic amines) is 1. The van der Waals surface area contributed by atoms with E-state index in [1.54, 1.807) is 0 Å². The van der Waals surface area contributed by atoms with Gasteiger partial charge in [-0.05, 0) is 18.9 Å². The zero-order chi connectivity index (χ0) is 9.97. The maximum atomic E-state index is 11.5. The Morgan fingerprint density at radius 2 is 2.00 bits per heavy atom. The number of carbonyl (C=O) groups is 1. The zero-order valence-electron chi connectivity index (χ0n) is 8.31. The normalized spacial score (nSPS) is 18.6. The molecule has 73 valence electrons. The van der Waals surface area contributed by atoms with E-state index in [-0.39, 0.29) is 11.9 Å². The van der Waals surface area contributed by atoms with Crippen molar-refractivity contribution in [2.75, 3.05) is 0 Å². The highest BCUT2D eigenvalue weighted by atomic mass is 16.2. The van der Waals surface area contributed by atoms with Gasteiger partial charge in [0, 0.05) is 6.42 Å². The predicted molar refractivity (Wildman–Crippen MR) is 55.2 cm³/mol. The van der Waals surface area contributed by atoms with Crippen molar-refractivity contribution in [2.24, 2.45) is 0 Å². The lowest BCUT2D eigenvalue weighted by Gasteiger charge is -2.24. The van der Waals surface area contributed by atoms with Crippen molar-refractivity contribution < 1.29 is 4.79 Å². The van der Waals surface area contributed by atoms with E-state index in [2.05, 4.69) is 19.1 Å². The summed E-state index contributed by atoms with van der Waals surface area (Å²) in [6.45, 7) is 4.06. The highest BCUT2D eigenvalue weighted by Gasteiger charge is 2.25. The summed E-state index contributed by atoms with van der Waals surface area (Å²) >= 11 is 0. The molecule has 1 radical (unpaired) electrons. The summed E-state index contributed by atoms with van der Waals surface area (Å²) in [6, 6.07) is 10.3. The largest absolute Gasteiger partial charge is 0.331 e. The van der Waals surface area contributed by atoms with Gasteiger partial charge in [-0.2, -0.15) is 0 Å². The highest BCUT2D eigenvalue weighted by Crippen LogP contribution is 2.27. The van der Waals surface area contributed by atoms with Crippen LogP contribution in [0, 0.1) is 6.54 Å². The van der Waals surface area contributed by atoms with Crippen LogP contribution in [0.15, 0.2) is 30.3 Å². The summed E-state index contributed by atoms with van der Waals surface area (Å²) in [5.74, 6) is 0.237. The van der Waals surface area contributed by atoms with Gasteiger partial charge in [0.05, 0.1) is 12.6 Å². The minimum absolute atomic E-state index is 0.172. The van der Waals surface area contributed by atoms with Crippen LogP contribution >= 0.6 is 0 Å². The third-order valence-electron chi connectivity index (χ3n) is 2.67. The quantitative estimate of drug-likeness (QED) is 0.698. The Labute approximate surface area is 84.5 Å². The number of hydrogen-bond donors (Lipinski definition) is 0. The monoisotopic (exact) mass is 188 g/mol. The zero-order valence-corrected chi connectivity index (χ0v) is 8.31. The van der Waals surface area contributed by atoms with Crippen molar-refractivity contribution in [2.45, 2.75) is 25.8 Å². The lowest BCUT2D eigenvalue weighted by atomic mass is 10.1. The predicted octanol–water partition coefficient (Wildman–Crippen LogP) is 2.53. The number of benzene rings is 1. The summed E-state index contributed by atoms with van der Waals surface area (Å²) in [4.78, 5) is 13.3. The Kier molecular flexibility index (Phi) is 2.53. The van der Waals surface area contributed by atoms with Gasteiger partial charge in [-0.3, -0.25) is 4.79 Å². The molecule has 0 N–H and O–H groups in total. The Morgan fingerprint density at radius 1 is 1.29 bits per heavy atom. The molecule has 1 atom stereocenters. The van der Waals surface area contributed by atoms with Crippen LogP contribution in [0.4, 0.5) is 0 Å². The SMILES string of the molecule is CC(c1ccccc1)N1[CH]CCC1=O. The van der Waals surface area contributed by atoms with E-state index in [1.807, 2.05) is 29.6 Å². The van der Waals surface area contributed by atoms with Crippen LogP contribution in [0.5, 0.6) is 0 Å². The molecule has 1 heterocycles. The van der Waals surface area contributed by atoms with E-state index in [0.717, 1.165) is 6.42 Å².